The van der Waals surface area contributed by atoms with Crippen molar-refractivity contribution in [2.75, 3.05) is 18.0 Å². The first-order chi connectivity index (χ1) is 9.01. The van der Waals surface area contributed by atoms with Gasteiger partial charge in [0, 0.05) is 33.0 Å². The molecule has 0 aliphatic carbocycles. The molecule has 0 N–H and O–H groups in total. The Kier molecular flexibility index (Phi) is 5.47. The fourth-order valence-corrected chi connectivity index (χ4v) is 1.88. The highest BCUT2D eigenvalue weighted by Crippen LogP contribution is 2.28. The lowest BCUT2D eigenvalue weighted by Crippen LogP contribution is -2.35. The molecule has 1 aromatic rings. The molecule has 0 spiro atoms. The van der Waals surface area contributed by atoms with Gasteiger partial charge in [-0.05, 0) is 0 Å². The highest BCUT2D eigenvalue weighted by Gasteiger charge is 2.27. The molecule has 2 heterocycles. The van der Waals surface area contributed by atoms with Gasteiger partial charge in [0.1, 0.15) is 12.0 Å². The molecule has 0 saturated carbocycles. The van der Waals surface area contributed by atoms with Gasteiger partial charge in [0.05, 0.1) is 4.92 Å². The summed E-state index contributed by atoms with van der Waals surface area (Å²) in [6, 6.07) is 0. The SMILES string of the molecule is CCC.Cn1ncc([N+](=O)[O-])c1N1CCC(=O)CC1. The van der Waals surface area contributed by atoms with E-state index in [1.165, 1.54) is 17.3 Å². The maximum Gasteiger partial charge on any atom is 0.331 e. The van der Waals surface area contributed by atoms with Gasteiger partial charge in [-0.2, -0.15) is 5.10 Å². The van der Waals surface area contributed by atoms with Crippen LogP contribution in [0.5, 0.6) is 0 Å². The van der Waals surface area contributed by atoms with Crippen molar-refractivity contribution in [3.63, 3.8) is 0 Å². The number of hydrogen-bond donors (Lipinski definition) is 0. The largest absolute Gasteiger partial charge is 0.350 e. The number of aromatic nitrogens is 2. The molecule has 0 atom stereocenters. The maximum absolute atomic E-state index is 11.1. The summed E-state index contributed by atoms with van der Waals surface area (Å²) in [6.45, 7) is 5.30. The third-order valence-corrected chi connectivity index (χ3v) is 2.71. The Morgan fingerprint density at radius 3 is 2.37 bits per heavy atom. The molecular weight excluding hydrogens is 248 g/mol. The minimum absolute atomic E-state index is 0.00292. The van der Waals surface area contributed by atoms with Gasteiger partial charge in [0.25, 0.3) is 0 Å². The second-order valence-corrected chi connectivity index (χ2v) is 4.47. The summed E-state index contributed by atoms with van der Waals surface area (Å²) in [4.78, 5) is 23.3. The molecule has 7 nitrogen and oxygen atoms in total. The molecule has 0 unspecified atom stereocenters. The van der Waals surface area contributed by atoms with E-state index in [0.717, 1.165) is 0 Å². The van der Waals surface area contributed by atoms with Crippen LogP contribution in [0.15, 0.2) is 6.20 Å². The van der Waals surface area contributed by atoms with E-state index in [4.69, 9.17) is 0 Å². The summed E-state index contributed by atoms with van der Waals surface area (Å²) in [7, 11) is 1.67. The average Bonchev–Trinajstić information content (AvgIpc) is 2.73. The van der Waals surface area contributed by atoms with Crippen molar-refractivity contribution >= 4 is 17.3 Å². The number of hydrogen-bond acceptors (Lipinski definition) is 5. The fraction of sp³-hybridized carbons (Fsp3) is 0.667. The number of carbonyl (C=O) groups is 1. The van der Waals surface area contributed by atoms with Crippen molar-refractivity contribution < 1.29 is 9.72 Å². The van der Waals surface area contributed by atoms with Gasteiger partial charge in [-0.15, -0.1) is 0 Å². The first-order valence-corrected chi connectivity index (χ1v) is 6.44. The second kappa shape index (κ2) is 6.86. The van der Waals surface area contributed by atoms with E-state index in [2.05, 4.69) is 18.9 Å². The Bertz CT molecular complexity index is 446. The third kappa shape index (κ3) is 3.77. The monoisotopic (exact) mass is 268 g/mol. The zero-order valence-electron chi connectivity index (χ0n) is 11.6. The molecule has 0 amide bonds. The highest BCUT2D eigenvalue weighted by atomic mass is 16.6. The maximum atomic E-state index is 11.1. The van der Waals surface area contributed by atoms with E-state index in [0.29, 0.717) is 31.7 Å². The first kappa shape index (κ1) is 15.1. The van der Waals surface area contributed by atoms with Crippen LogP contribution in [0.4, 0.5) is 11.5 Å². The normalized spacial score (nSPS) is 14.9. The lowest BCUT2D eigenvalue weighted by Gasteiger charge is -2.26. The Morgan fingerprint density at radius 1 is 1.37 bits per heavy atom. The number of rotatable bonds is 2. The standard InChI is InChI=1S/C9H12N4O3.C3H8/c1-11-9(8(6-10-11)13(15)16)12-4-2-7(14)3-5-12;1-3-2/h6H,2-5H2,1H3;3H2,1-2H3. The topological polar surface area (TPSA) is 81.3 Å². The van der Waals surface area contributed by atoms with Gasteiger partial charge in [0.15, 0.2) is 0 Å². The smallest absolute Gasteiger partial charge is 0.331 e. The lowest BCUT2D eigenvalue weighted by atomic mass is 10.1. The number of aryl methyl sites for hydroxylation is 1. The zero-order valence-corrected chi connectivity index (χ0v) is 11.6. The number of nitro groups is 1. The quantitative estimate of drug-likeness (QED) is 0.604. The second-order valence-electron chi connectivity index (χ2n) is 4.47. The lowest BCUT2D eigenvalue weighted by molar-refractivity contribution is -0.384. The third-order valence-electron chi connectivity index (χ3n) is 2.71. The Morgan fingerprint density at radius 2 is 1.89 bits per heavy atom. The minimum atomic E-state index is -0.446. The van der Waals surface area contributed by atoms with Crippen LogP contribution in [0.2, 0.25) is 0 Å². The molecular formula is C12H20N4O3. The molecule has 0 bridgehead atoms. The van der Waals surface area contributed by atoms with E-state index >= 15 is 0 Å². The van der Waals surface area contributed by atoms with Crippen LogP contribution >= 0.6 is 0 Å². The summed E-state index contributed by atoms with van der Waals surface area (Å²) < 4.78 is 1.48. The van der Waals surface area contributed by atoms with Crippen LogP contribution < -0.4 is 4.90 Å². The average molecular weight is 268 g/mol. The summed E-state index contributed by atoms with van der Waals surface area (Å²) in [5.74, 6) is 0.693. The summed E-state index contributed by atoms with van der Waals surface area (Å²) >= 11 is 0. The van der Waals surface area contributed by atoms with Crippen LogP contribution in [0.1, 0.15) is 33.1 Å². The molecule has 1 fully saturated rings. The molecule has 0 radical (unpaired) electrons. The van der Waals surface area contributed by atoms with E-state index in [-0.39, 0.29) is 11.5 Å². The van der Waals surface area contributed by atoms with Crippen molar-refractivity contribution in [3.05, 3.63) is 16.3 Å². The summed E-state index contributed by atoms with van der Waals surface area (Å²) in [5.41, 5.74) is -0.00292. The molecule has 0 aromatic carbocycles. The molecule has 2 rings (SSSR count). The molecule has 106 valence electrons. The van der Waals surface area contributed by atoms with Gasteiger partial charge >= 0.3 is 5.69 Å². The van der Waals surface area contributed by atoms with Crippen LogP contribution in [-0.4, -0.2) is 33.6 Å². The Balaban J connectivity index is 0.000000550. The number of piperidine rings is 1. The van der Waals surface area contributed by atoms with Crippen LogP contribution in [0, 0.1) is 10.1 Å². The predicted molar refractivity (Wildman–Crippen MR) is 72.3 cm³/mol. The van der Waals surface area contributed by atoms with Crippen molar-refractivity contribution in [3.8, 4) is 0 Å². The number of nitrogens with zero attached hydrogens (tertiary/aromatic N) is 4. The fourth-order valence-electron chi connectivity index (χ4n) is 1.88. The molecule has 1 saturated heterocycles. The van der Waals surface area contributed by atoms with E-state index in [9.17, 15) is 14.9 Å². The highest BCUT2D eigenvalue weighted by molar-refractivity contribution is 5.81. The van der Waals surface area contributed by atoms with E-state index in [1.54, 1.807) is 7.05 Å². The number of Topliss-reactive ketones (excluding diaryl/α,β-unsaturated/α-hetero) is 1. The van der Waals surface area contributed by atoms with Crippen molar-refractivity contribution in [1.82, 2.24) is 9.78 Å². The minimum Gasteiger partial charge on any atom is -0.350 e. The predicted octanol–water partition coefficient (Wildman–Crippen LogP) is 1.91. The molecule has 1 aliphatic rings. The van der Waals surface area contributed by atoms with E-state index < -0.39 is 4.92 Å². The Labute approximate surface area is 112 Å². The molecule has 7 heteroatoms. The zero-order chi connectivity index (χ0) is 14.4. The van der Waals surface area contributed by atoms with Gasteiger partial charge < -0.3 is 4.90 Å². The number of carbonyl (C=O) groups excluding carboxylic acids is 1. The van der Waals surface area contributed by atoms with Crippen molar-refractivity contribution in [1.29, 1.82) is 0 Å². The number of ketones is 1. The summed E-state index contributed by atoms with van der Waals surface area (Å²) in [6.07, 6.45) is 3.39. The van der Waals surface area contributed by atoms with Gasteiger partial charge in [0.2, 0.25) is 5.82 Å². The van der Waals surface area contributed by atoms with Crippen LogP contribution in [-0.2, 0) is 11.8 Å². The molecule has 19 heavy (non-hydrogen) atoms. The van der Waals surface area contributed by atoms with Crippen LogP contribution in [0.25, 0.3) is 0 Å². The number of anilines is 1. The molecule has 1 aromatic heterocycles. The van der Waals surface area contributed by atoms with Gasteiger partial charge in [-0.3, -0.25) is 14.9 Å². The van der Waals surface area contributed by atoms with E-state index in [1.807, 2.05) is 4.90 Å². The summed E-state index contributed by atoms with van der Waals surface area (Å²) in [5, 5.41) is 14.7. The first-order valence-electron chi connectivity index (χ1n) is 6.44. The molecule has 1 aliphatic heterocycles. The van der Waals surface area contributed by atoms with Crippen molar-refractivity contribution in [2.24, 2.45) is 7.05 Å². The van der Waals surface area contributed by atoms with Crippen molar-refractivity contribution in [2.45, 2.75) is 33.1 Å². The van der Waals surface area contributed by atoms with Gasteiger partial charge in [-0.1, -0.05) is 20.3 Å². The van der Waals surface area contributed by atoms with Gasteiger partial charge in [-0.25, -0.2) is 4.68 Å². The Hall–Kier alpha value is -1.92. The van der Waals surface area contributed by atoms with Crippen LogP contribution in [0.3, 0.4) is 0 Å².